The largest absolute Gasteiger partial charge is 0.379 e. The molecule has 2 heterocycles. The van der Waals surface area contributed by atoms with E-state index in [0.717, 1.165) is 13.1 Å². The van der Waals surface area contributed by atoms with Gasteiger partial charge in [-0.3, -0.25) is 0 Å². The first kappa shape index (κ1) is 12.0. The van der Waals surface area contributed by atoms with Crippen LogP contribution in [0, 0.1) is 13.8 Å². The number of aryl methyl sites for hydroxylation is 2. The van der Waals surface area contributed by atoms with E-state index in [1.807, 2.05) is 0 Å². The first-order valence-corrected chi connectivity index (χ1v) is 7.20. The van der Waals surface area contributed by atoms with Crippen LogP contribution in [0.15, 0.2) is 12.1 Å². The standard InChI is InChI=1S/C16H24N2/c1-11-8-12(2)15-13(3)10-16(18-14(15)9-11)4-6-17-7-5-16/h8-9,13,17-18H,4-7,10H2,1-3H3. The molecule has 1 aromatic carbocycles. The number of fused-ring (bicyclic) bond motifs is 1. The molecule has 1 unspecified atom stereocenters. The highest BCUT2D eigenvalue weighted by Crippen LogP contribution is 2.44. The van der Waals surface area contributed by atoms with Crippen molar-refractivity contribution in [2.75, 3.05) is 18.4 Å². The molecule has 1 atom stereocenters. The summed E-state index contributed by atoms with van der Waals surface area (Å²) in [5.74, 6) is 0.681. The number of anilines is 1. The molecule has 2 aliphatic rings. The summed E-state index contributed by atoms with van der Waals surface area (Å²) in [7, 11) is 0. The van der Waals surface area contributed by atoms with Crippen molar-refractivity contribution in [2.24, 2.45) is 0 Å². The minimum atomic E-state index is 0.345. The minimum Gasteiger partial charge on any atom is -0.379 e. The van der Waals surface area contributed by atoms with Gasteiger partial charge in [0.05, 0.1) is 0 Å². The van der Waals surface area contributed by atoms with Gasteiger partial charge in [0.15, 0.2) is 0 Å². The Morgan fingerprint density at radius 2 is 1.89 bits per heavy atom. The number of benzene rings is 1. The summed E-state index contributed by atoms with van der Waals surface area (Å²) in [4.78, 5) is 0. The molecule has 2 aliphatic heterocycles. The molecule has 0 aliphatic carbocycles. The second kappa shape index (κ2) is 4.27. The lowest BCUT2D eigenvalue weighted by Crippen LogP contribution is -2.50. The fraction of sp³-hybridized carbons (Fsp3) is 0.625. The summed E-state index contributed by atoms with van der Waals surface area (Å²) in [6.07, 6.45) is 3.79. The zero-order valence-corrected chi connectivity index (χ0v) is 11.8. The Labute approximate surface area is 110 Å². The summed E-state index contributed by atoms with van der Waals surface area (Å²) in [6, 6.07) is 4.65. The fourth-order valence-corrected chi connectivity index (χ4v) is 4.00. The minimum absolute atomic E-state index is 0.345. The Balaban J connectivity index is 2.01. The van der Waals surface area contributed by atoms with E-state index in [2.05, 4.69) is 43.5 Å². The Bertz CT molecular complexity index is 458. The number of hydrogen-bond donors (Lipinski definition) is 2. The summed E-state index contributed by atoms with van der Waals surface area (Å²) in [5.41, 5.74) is 6.11. The molecule has 3 rings (SSSR count). The third kappa shape index (κ3) is 1.93. The van der Waals surface area contributed by atoms with Gasteiger partial charge >= 0.3 is 0 Å². The lowest BCUT2D eigenvalue weighted by molar-refractivity contribution is 0.294. The van der Waals surface area contributed by atoms with Gasteiger partial charge in [-0.25, -0.2) is 0 Å². The highest BCUT2D eigenvalue weighted by molar-refractivity contribution is 5.61. The van der Waals surface area contributed by atoms with Gasteiger partial charge in [-0.05, 0) is 74.9 Å². The van der Waals surface area contributed by atoms with E-state index in [4.69, 9.17) is 0 Å². The van der Waals surface area contributed by atoms with Gasteiger partial charge < -0.3 is 10.6 Å². The second-order valence-corrected chi connectivity index (χ2v) is 6.30. The van der Waals surface area contributed by atoms with Gasteiger partial charge in [0.1, 0.15) is 0 Å². The van der Waals surface area contributed by atoms with Crippen molar-refractivity contribution in [3.8, 4) is 0 Å². The van der Waals surface area contributed by atoms with Crippen molar-refractivity contribution in [3.63, 3.8) is 0 Å². The molecule has 1 aromatic rings. The average molecular weight is 244 g/mol. The summed E-state index contributed by atoms with van der Waals surface area (Å²) >= 11 is 0. The van der Waals surface area contributed by atoms with Crippen LogP contribution in [-0.2, 0) is 0 Å². The van der Waals surface area contributed by atoms with E-state index in [-0.39, 0.29) is 0 Å². The van der Waals surface area contributed by atoms with Crippen LogP contribution in [0.1, 0.15) is 48.8 Å². The lowest BCUT2D eigenvalue weighted by atomic mass is 9.73. The molecule has 0 radical (unpaired) electrons. The van der Waals surface area contributed by atoms with E-state index in [0.29, 0.717) is 11.5 Å². The van der Waals surface area contributed by atoms with Gasteiger partial charge in [0.2, 0.25) is 0 Å². The van der Waals surface area contributed by atoms with Crippen molar-refractivity contribution in [3.05, 3.63) is 28.8 Å². The first-order chi connectivity index (χ1) is 8.60. The van der Waals surface area contributed by atoms with Crippen LogP contribution >= 0.6 is 0 Å². The van der Waals surface area contributed by atoms with E-state index in [1.165, 1.54) is 36.1 Å². The molecule has 18 heavy (non-hydrogen) atoms. The van der Waals surface area contributed by atoms with Crippen LogP contribution in [0.2, 0.25) is 0 Å². The number of nitrogens with one attached hydrogen (secondary N) is 2. The number of rotatable bonds is 0. The van der Waals surface area contributed by atoms with E-state index < -0.39 is 0 Å². The van der Waals surface area contributed by atoms with Crippen LogP contribution in [0.3, 0.4) is 0 Å². The molecule has 1 saturated heterocycles. The zero-order valence-electron chi connectivity index (χ0n) is 11.8. The molecule has 1 fully saturated rings. The normalized spacial score (nSPS) is 25.6. The van der Waals surface area contributed by atoms with Gasteiger partial charge in [-0.1, -0.05) is 13.0 Å². The van der Waals surface area contributed by atoms with Gasteiger partial charge in [-0.15, -0.1) is 0 Å². The van der Waals surface area contributed by atoms with Crippen LogP contribution in [-0.4, -0.2) is 18.6 Å². The van der Waals surface area contributed by atoms with Gasteiger partial charge in [0, 0.05) is 11.2 Å². The number of hydrogen-bond acceptors (Lipinski definition) is 2. The maximum Gasteiger partial charge on any atom is 0.0403 e. The molecule has 2 heteroatoms. The van der Waals surface area contributed by atoms with Crippen molar-refractivity contribution in [1.82, 2.24) is 5.32 Å². The van der Waals surface area contributed by atoms with Crippen LogP contribution in [0.4, 0.5) is 5.69 Å². The first-order valence-electron chi connectivity index (χ1n) is 7.20. The van der Waals surface area contributed by atoms with Gasteiger partial charge in [-0.2, -0.15) is 0 Å². The molecule has 2 nitrogen and oxygen atoms in total. The monoisotopic (exact) mass is 244 g/mol. The SMILES string of the molecule is Cc1cc(C)c2c(c1)NC1(CCNCC1)CC2C. The van der Waals surface area contributed by atoms with Crippen molar-refractivity contribution < 1.29 is 0 Å². The predicted octanol–water partition coefficient (Wildman–Crippen LogP) is 3.34. The maximum atomic E-state index is 3.88. The van der Waals surface area contributed by atoms with Crippen LogP contribution < -0.4 is 10.6 Å². The van der Waals surface area contributed by atoms with E-state index in [9.17, 15) is 0 Å². The van der Waals surface area contributed by atoms with Crippen molar-refractivity contribution in [2.45, 2.75) is 51.5 Å². The topological polar surface area (TPSA) is 24.1 Å². The quantitative estimate of drug-likeness (QED) is 0.731. The Morgan fingerprint density at radius 1 is 1.17 bits per heavy atom. The molecule has 0 aromatic heterocycles. The fourth-order valence-electron chi connectivity index (χ4n) is 4.00. The van der Waals surface area contributed by atoms with Crippen molar-refractivity contribution in [1.29, 1.82) is 0 Å². The van der Waals surface area contributed by atoms with Crippen LogP contribution in [0.5, 0.6) is 0 Å². The van der Waals surface area contributed by atoms with Gasteiger partial charge in [0.25, 0.3) is 0 Å². The lowest BCUT2D eigenvalue weighted by Gasteiger charge is -2.46. The van der Waals surface area contributed by atoms with E-state index >= 15 is 0 Å². The zero-order chi connectivity index (χ0) is 12.8. The Morgan fingerprint density at radius 3 is 2.61 bits per heavy atom. The molecular weight excluding hydrogens is 220 g/mol. The number of piperidine rings is 1. The van der Waals surface area contributed by atoms with Crippen molar-refractivity contribution >= 4 is 5.69 Å². The Hall–Kier alpha value is -1.02. The third-order valence-corrected chi connectivity index (χ3v) is 4.68. The summed E-state index contributed by atoms with van der Waals surface area (Å²) in [5, 5.41) is 7.36. The molecule has 0 bridgehead atoms. The molecule has 0 amide bonds. The predicted molar refractivity (Wildman–Crippen MR) is 77.4 cm³/mol. The summed E-state index contributed by atoms with van der Waals surface area (Å²) in [6.45, 7) is 9.15. The van der Waals surface area contributed by atoms with Crippen LogP contribution in [0.25, 0.3) is 0 Å². The third-order valence-electron chi connectivity index (χ3n) is 4.68. The highest BCUT2D eigenvalue weighted by atomic mass is 15.0. The molecular formula is C16H24N2. The smallest absolute Gasteiger partial charge is 0.0403 e. The molecule has 98 valence electrons. The molecule has 2 N–H and O–H groups in total. The highest BCUT2D eigenvalue weighted by Gasteiger charge is 2.38. The average Bonchev–Trinajstić information content (AvgIpc) is 2.27. The second-order valence-electron chi connectivity index (χ2n) is 6.30. The summed E-state index contributed by atoms with van der Waals surface area (Å²) < 4.78 is 0. The maximum absolute atomic E-state index is 3.88. The molecule has 1 spiro atoms. The van der Waals surface area contributed by atoms with E-state index in [1.54, 1.807) is 5.56 Å². The molecule has 0 saturated carbocycles. The Kier molecular flexibility index (Phi) is 2.86.